The average molecular weight is 671 g/mol. The van der Waals surface area contributed by atoms with E-state index >= 15 is 0 Å². The lowest BCUT2D eigenvalue weighted by atomic mass is 10.3. The molecule has 0 spiro atoms. The minimum Gasteiger partial charge on any atom is -0.477 e. The van der Waals surface area contributed by atoms with Crippen LogP contribution in [-0.4, -0.2) is 81.6 Å². The molecule has 0 radical (unpaired) electrons. The highest BCUT2D eigenvalue weighted by molar-refractivity contribution is 6.05. The highest BCUT2D eigenvalue weighted by Gasteiger charge is 2.22. The van der Waals surface area contributed by atoms with Gasteiger partial charge < -0.3 is 48.6 Å². The second-order valence-corrected chi connectivity index (χ2v) is 10.3. The molecule has 0 aliphatic carbocycles. The van der Waals surface area contributed by atoms with Crippen LogP contribution in [-0.2, 0) is 36.7 Å². The Morgan fingerprint density at radius 1 is 0.708 bits per heavy atom. The number of hydrogen-bond acceptors (Lipinski definition) is 10. The van der Waals surface area contributed by atoms with Gasteiger partial charge in [-0.25, -0.2) is 9.59 Å². The van der Waals surface area contributed by atoms with Gasteiger partial charge in [0.05, 0.1) is 46.8 Å². The monoisotopic (exact) mass is 670 g/mol. The predicted octanol–water partition coefficient (Wildman–Crippen LogP) is 2.76. The van der Waals surface area contributed by atoms with Gasteiger partial charge in [0.2, 0.25) is 0 Å². The molecule has 0 aliphatic heterocycles. The highest BCUT2D eigenvalue weighted by Crippen LogP contribution is 2.21. The van der Waals surface area contributed by atoms with E-state index < -0.39 is 39.9 Å². The second-order valence-electron chi connectivity index (χ2n) is 10.3. The molecule has 0 unspecified atom stereocenters. The maximum absolute atomic E-state index is 12.6. The molecule has 4 aromatic rings. The molecule has 0 saturated carbocycles. The van der Waals surface area contributed by atoms with Gasteiger partial charge in [-0.05, 0) is 19.1 Å². The van der Waals surface area contributed by atoms with Gasteiger partial charge in [-0.3, -0.25) is 29.8 Å². The van der Waals surface area contributed by atoms with Crippen LogP contribution >= 0.6 is 0 Å². The fourth-order valence-corrected chi connectivity index (χ4v) is 4.70. The number of nitrogens with zero attached hydrogens (tertiary/aromatic N) is 6. The van der Waals surface area contributed by atoms with Crippen LogP contribution in [0.15, 0.2) is 49.1 Å². The Bertz CT molecular complexity index is 1760. The molecule has 254 valence electrons. The Hall–Kier alpha value is -6.28. The lowest BCUT2D eigenvalue weighted by molar-refractivity contribution is -0.385. The summed E-state index contributed by atoms with van der Waals surface area (Å²) in [5.74, 6) is -3.89. The Balaban J connectivity index is 1.29. The van der Waals surface area contributed by atoms with Crippen LogP contribution in [0.4, 0.5) is 22.7 Å². The summed E-state index contributed by atoms with van der Waals surface area (Å²) in [6.45, 7) is 1.66. The van der Waals surface area contributed by atoms with Crippen molar-refractivity contribution in [2.75, 3.05) is 23.8 Å². The van der Waals surface area contributed by atoms with Gasteiger partial charge >= 0.3 is 11.9 Å². The number of aryl methyl sites for hydroxylation is 2. The average Bonchev–Trinajstić information content (AvgIpc) is 3.78. The van der Waals surface area contributed by atoms with Crippen molar-refractivity contribution in [3.8, 4) is 0 Å². The number of rotatable bonds is 16. The van der Waals surface area contributed by atoms with Gasteiger partial charge in [0.25, 0.3) is 23.2 Å². The number of carboxylic acid groups (broad SMARTS) is 2. The maximum atomic E-state index is 12.6. The lowest BCUT2D eigenvalue weighted by Gasteiger charge is -2.15. The molecular weight excluding hydrogens is 640 g/mol. The van der Waals surface area contributed by atoms with Crippen molar-refractivity contribution in [2.24, 2.45) is 14.1 Å². The number of aromatic nitrogens is 4. The van der Waals surface area contributed by atoms with Crippen molar-refractivity contribution < 1.29 is 48.7 Å². The van der Waals surface area contributed by atoms with E-state index in [1.807, 2.05) is 0 Å². The molecule has 0 aromatic carbocycles. The summed E-state index contributed by atoms with van der Waals surface area (Å²) < 4.78 is 16.4. The fraction of sp³-hybridized carbons (Fsp3) is 0.286. The first-order valence-electron chi connectivity index (χ1n) is 14.0. The Kier molecular flexibility index (Phi) is 10.4. The molecule has 0 fully saturated rings. The third-order valence-electron chi connectivity index (χ3n) is 6.98. The molecular formula is C28H30N8O12. The smallest absolute Gasteiger partial charge is 0.352 e. The van der Waals surface area contributed by atoms with Gasteiger partial charge in [-0.1, -0.05) is 0 Å². The van der Waals surface area contributed by atoms with Crippen LogP contribution < -0.4 is 10.6 Å². The molecule has 4 N–H and O–H groups in total. The highest BCUT2D eigenvalue weighted by atomic mass is 16.7. The minimum atomic E-state index is -1.27. The van der Waals surface area contributed by atoms with Crippen molar-refractivity contribution >= 4 is 46.5 Å². The van der Waals surface area contributed by atoms with Gasteiger partial charge in [0.1, 0.15) is 22.8 Å². The SMILES string of the molecule is CC(OCCn1cc(NC(=O)c2cc([N+](=O)[O-])cn2C)cc1C(=O)O)OCCn1cc(NC(=O)c2cc([N+](=O)[O-])cn2C)cc1C(=O)O. The number of aromatic carboxylic acids is 2. The first kappa shape index (κ1) is 34.6. The van der Waals surface area contributed by atoms with E-state index in [2.05, 4.69) is 10.6 Å². The maximum Gasteiger partial charge on any atom is 0.352 e. The third-order valence-corrected chi connectivity index (χ3v) is 6.98. The van der Waals surface area contributed by atoms with E-state index in [1.165, 1.54) is 69.3 Å². The molecule has 48 heavy (non-hydrogen) atoms. The summed E-state index contributed by atoms with van der Waals surface area (Å²) in [6.07, 6.45) is 4.31. The van der Waals surface area contributed by atoms with Crippen LogP contribution in [0, 0.1) is 20.2 Å². The summed E-state index contributed by atoms with van der Waals surface area (Å²) in [6, 6.07) is 4.65. The number of carboxylic acids is 2. The van der Waals surface area contributed by atoms with Crippen molar-refractivity contribution in [1.29, 1.82) is 0 Å². The summed E-state index contributed by atoms with van der Waals surface area (Å²) >= 11 is 0. The molecule has 0 atom stereocenters. The van der Waals surface area contributed by atoms with Crippen LogP contribution in [0.2, 0.25) is 0 Å². The Morgan fingerprint density at radius 2 is 1.08 bits per heavy atom. The molecule has 4 aromatic heterocycles. The van der Waals surface area contributed by atoms with E-state index in [1.54, 1.807) is 6.92 Å². The molecule has 20 heteroatoms. The molecule has 4 rings (SSSR count). The number of carbonyl (C=O) groups excluding carboxylic acids is 2. The number of carbonyl (C=O) groups is 4. The zero-order chi connectivity index (χ0) is 35.3. The standard InChI is InChI=1S/C28H30N8O12/c1-16(47-6-4-33-12-17(8-23(33)27(39)40)29-25(37)21-10-19(35(43)44)14-31(21)2)48-7-5-34-13-18(9-24(34)28(41)42)30-26(38)22-11-20(36(45)46)15-32(22)3/h8-16H,4-7H2,1-3H3,(H,29,37)(H,30,38)(H,39,40)(H,41,42). The molecule has 0 bridgehead atoms. The largest absolute Gasteiger partial charge is 0.477 e. The van der Waals surface area contributed by atoms with Crippen molar-refractivity contribution in [2.45, 2.75) is 26.3 Å². The first-order chi connectivity index (χ1) is 22.6. The molecule has 0 saturated heterocycles. The van der Waals surface area contributed by atoms with E-state index in [0.717, 1.165) is 12.1 Å². The Labute approximate surface area is 270 Å². The lowest BCUT2D eigenvalue weighted by Crippen LogP contribution is -2.20. The topological polar surface area (TPSA) is 257 Å². The van der Waals surface area contributed by atoms with Crippen LogP contribution in [0.1, 0.15) is 48.9 Å². The van der Waals surface area contributed by atoms with Gasteiger partial charge in [0, 0.05) is 51.7 Å². The summed E-state index contributed by atoms with van der Waals surface area (Å²) in [4.78, 5) is 69.5. The predicted molar refractivity (Wildman–Crippen MR) is 164 cm³/mol. The van der Waals surface area contributed by atoms with E-state index in [4.69, 9.17) is 9.47 Å². The van der Waals surface area contributed by atoms with Crippen molar-refractivity contribution in [3.05, 3.63) is 92.1 Å². The van der Waals surface area contributed by atoms with E-state index in [0.29, 0.717) is 0 Å². The van der Waals surface area contributed by atoms with Crippen LogP contribution in [0.25, 0.3) is 0 Å². The zero-order valence-electron chi connectivity index (χ0n) is 25.7. The normalized spacial score (nSPS) is 11.1. The third kappa shape index (κ3) is 8.10. The van der Waals surface area contributed by atoms with Gasteiger partial charge in [0.15, 0.2) is 6.29 Å². The van der Waals surface area contributed by atoms with Crippen LogP contribution in [0.3, 0.4) is 0 Å². The summed E-state index contributed by atoms with van der Waals surface area (Å²) in [5.41, 5.74) is -0.563. The number of nitro groups is 2. The minimum absolute atomic E-state index is 0.00241. The van der Waals surface area contributed by atoms with Gasteiger partial charge in [-0.2, -0.15) is 0 Å². The number of anilines is 2. The van der Waals surface area contributed by atoms with Gasteiger partial charge in [-0.15, -0.1) is 0 Å². The first-order valence-corrected chi connectivity index (χ1v) is 14.0. The summed E-state index contributed by atoms with van der Waals surface area (Å²) in [5, 5.41) is 46.3. The van der Waals surface area contributed by atoms with Crippen LogP contribution in [0.5, 0.6) is 0 Å². The zero-order valence-corrected chi connectivity index (χ0v) is 25.7. The molecule has 0 aliphatic rings. The second kappa shape index (κ2) is 14.4. The number of amides is 2. The summed E-state index contributed by atoms with van der Waals surface area (Å²) in [7, 11) is 2.92. The number of ether oxygens (including phenoxy) is 2. The van der Waals surface area contributed by atoms with E-state index in [-0.39, 0.29) is 71.8 Å². The van der Waals surface area contributed by atoms with Crippen molar-refractivity contribution in [1.82, 2.24) is 18.3 Å². The molecule has 2 amide bonds. The Morgan fingerprint density at radius 3 is 1.40 bits per heavy atom. The number of nitrogens with one attached hydrogen (secondary N) is 2. The molecule has 20 nitrogen and oxygen atoms in total. The van der Waals surface area contributed by atoms with E-state index in [9.17, 15) is 49.6 Å². The number of hydrogen-bond donors (Lipinski definition) is 4. The fourth-order valence-electron chi connectivity index (χ4n) is 4.70. The van der Waals surface area contributed by atoms with Crippen molar-refractivity contribution in [3.63, 3.8) is 0 Å². The quantitative estimate of drug-likeness (QED) is 0.0762. The molecule has 4 heterocycles.